The van der Waals surface area contributed by atoms with Crippen molar-refractivity contribution < 1.29 is 19.0 Å². The molecule has 2 aliphatic heterocycles. The number of nitrogens with one attached hydrogen (secondary N) is 1. The third-order valence-electron chi connectivity index (χ3n) is 6.01. The van der Waals surface area contributed by atoms with Gasteiger partial charge < -0.3 is 19.5 Å². The van der Waals surface area contributed by atoms with Gasteiger partial charge in [0.25, 0.3) is 5.91 Å². The van der Waals surface area contributed by atoms with Gasteiger partial charge in [0.15, 0.2) is 5.82 Å². The Balaban J connectivity index is 1.35. The molecule has 1 aromatic carbocycles. The van der Waals surface area contributed by atoms with E-state index in [9.17, 15) is 4.79 Å². The number of hydrogen-bond acceptors (Lipinski definition) is 8. The van der Waals surface area contributed by atoms with E-state index in [1.807, 2.05) is 12.1 Å². The minimum absolute atomic E-state index is 0.0254. The summed E-state index contributed by atoms with van der Waals surface area (Å²) < 4.78 is 18.4. The number of nitrogens with zero attached hydrogens (tertiary/aromatic N) is 5. The number of carbonyl (C=O) groups excluding carboxylic acids is 1. The van der Waals surface area contributed by atoms with E-state index in [-0.39, 0.29) is 17.9 Å². The van der Waals surface area contributed by atoms with E-state index >= 15 is 0 Å². The Morgan fingerprint density at radius 1 is 1.19 bits per heavy atom. The van der Waals surface area contributed by atoms with Crippen LogP contribution in [0.5, 0.6) is 5.75 Å². The summed E-state index contributed by atoms with van der Waals surface area (Å²) in [5.41, 5.74) is 0.597. The normalized spacial score (nSPS) is 19.1. The molecule has 4 rings (SSSR count). The molecule has 2 fully saturated rings. The van der Waals surface area contributed by atoms with Crippen molar-refractivity contribution in [3.05, 3.63) is 35.7 Å². The van der Waals surface area contributed by atoms with Gasteiger partial charge in [-0.15, -0.1) is 5.10 Å². The smallest absolute Gasteiger partial charge is 0.251 e. The summed E-state index contributed by atoms with van der Waals surface area (Å²) in [6.45, 7) is 6.72. The number of amides is 1. The van der Waals surface area contributed by atoms with Crippen molar-refractivity contribution in [3.8, 4) is 5.75 Å². The summed E-state index contributed by atoms with van der Waals surface area (Å²) in [6.07, 6.45) is 1.89. The zero-order valence-corrected chi connectivity index (χ0v) is 18.0. The number of morpholine rings is 1. The van der Waals surface area contributed by atoms with Gasteiger partial charge in [0, 0.05) is 57.4 Å². The average molecular weight is 431 g/mol. The summed E-state index contributed by atoms with van der Waals surface area (Å²) in [5.74, 6) is 1.11. The molecule has 0 spiro atoms. The molecule has 0 saturated carbocycles. The highest BCUT2D eigenvalue weighted by molar-refractivity contribution is 5.94. The second kappa shape index (κ2) is 10.2. The molecule has 2 aliphatic rings. The maximum atomic E-state index is 12.9. The van der Waals surface area contributed by atoms with Crippen molar-refractivity contribution in [2.45, 2.75) is 19.4 Å². The molecule has 1 aromatic heterocycles. The highest BCUT2D eigenvalue weighted by Crippen LogP contribution is 2.31. The molecule has 1 amide bonds. The van der Waals surface area contributed by atoms with Crippen LogP contribution in [0.3, 0.4) is 0 Å². The van der Waals surface area contributed by atoms with E-state index in [1.165, 1.54) is 0 Å². The zero-order valence-electron chi connectivity index (χ0n) is 18.0. The average Bonchev–Trinajstić information content (AvgIpc) is 3.22. The number of aromatic nitrogens is 4. The Bertz CT molecular complexity index is 861. The van der Waals surface area contributed by atoms with Crippen LogP contribution in [0.1, 0.15) is 29.0 Å². The van der Waals surface area contributed by atoms with Gasteiger partial charge in [0.05, 0.1) is 13.2 Å². The Kier molecular flexibility index (Phi) is 7.10. The molecule has 2 aromatic rings. The minimum Gasteiger partial charge on any atom is -0.486 e. The first-order chi connectivity index (χ1) is 15.1. The molecule has 0 atom stereocenters. The molecular weight excluding hydrogens is 400 g/mol. The van der Waals surface area contributed by atoms with Crippen LogP contribution in [0.2, 0.25) is 0 Å². The fourth-order valence-corrected chi connectivity index (χ4v) is 4.04. The van der Waals surface area contributed by atoms with Crippen LogP contribution in [0, 0.1) is 5.41 Å². The number of hydrogen-bond donors (Lipinski definition) is 1. The van der Waals surface area contributed by atoms with Crippen LogP contribution in [0.25, 0.3) is 0 Å². The molecule has 0 aliphatic carbocycles. The van der Waals surface area contributed by atoms with Gasteiger partial charge in [0.2, 0.25) is 0 Å². The fourth-order valence-electron chi connectivity index (χ4n) is 4.04. The van der Waals surface area contributed by atoms with Crippen LogP contribution < -0.4 is 10.1 Å². The van der Waals surface area contributed by atoms with Crippen molar-refractivity contribution in [3.63, 3.8) is 0 Å². The highest BCUT2D eigenvalue weighted by atomic mass is 16.5. The SMILES string of the molecule is Cn1nnnc1COc1cccc(C(=O)NCC2(CN3CCOCC3)CCOCC2)c1. The predicted molar refractivity (Wildman–Crippen MR) is 112 cm³/mol. The largest absolute Gasteiger partial charge is 0.486 e. The molecule has 10 nitrogen and oxygen atoms in total. The van der Waals surface area contributed by atoms with E-state index in [4.69, 9.17) is 14.2 Å². The van der Waals surface area contributed by atoms with Crippen molar-refractivity contribution in [1.82, 2.24) is 30.4 Å². The minimum atomic E-state index is -0.0985. The molecule has 0 unspecified atom stereocenters. The molecule has 0 radical (unpaired) electrons. The van der Waals surface area contributed by atoms with E-state index in [0.29, 0.717) is 23.7 Å². The lowest BCUT2D eigenvalue weighted by atomic mass is 9.79. The Labute approximate surface area is 181 Å². The lowest BCUT2D eigenvalue weighted by molar-refractivity contribution is -0.0283. The molecule has 168 valence electrons. The van der Waals surface area contributed by atoms with E-state index in [2.05, 4.69) is 25.7 Å². The summed E-state index contributed by atoms with van der Waals surface area (Å²) in [4.78, 5) is 15.3. The standard InChI is InChI=1S/C21H30N6O4/c1-26-19(23-24-25-26)14-31-18-4-2-3-17(13-18)20(28)22-15-21(5-9-29-10-6-21)16-27-7-11-30-12-8-27/h2-4,13H,5-12,14-16H2,1H3,(H,22,28). The van der Waals surface area contributed by atoms with Crippen LogP contribution in [0.4, 0.5) is 0 Å². The molecular formula is C21H30N6O4. The number of benzene rings is 1. The molecule has 31 heavy (non-hydrogen) atoms. The van der Waals surface area contributed by atoms with Crippen LogP contribution in [0.15, 0.2) is 24.3 Å². The molecule has 0 bridgehead atoms. The monoisotopic (exact) mass is 430 g/mol. The first-order valence-corrected chi connectivity index (χ1v) is 10.7. The molecule has 2 saturated heterocycles. The maximum absolute atomic E-state index is 12.9. The van der Waals surface area contributed by atoms with Gasteiger partial charge in [-0.05, 0) is 41.5 Å². The second-order valence-corrected chi connectivity index (χ2v) is 8.22. The molecule has 10 heteroatoms. The number of ether oxygens (including phenoxy) is 3. The van der Waals surface area contributed by atoms with Gasteiger partial charge in [-0.3, -0.25) is 9.69 Å². The maximum Gasteiger partial charge on any atom is 0.251 e. The van der Waals surface area contributed by atoms with E-state index in [0.717, 1.165) is 58.9 Å². The summed E-state index contributed by atoms with van der Waals surface area (Å²) >= 11 is 0. The topological polar surface area (TPSA) is 104 Å². The van der Waals surface area contributed by atoms with Crippen molar-refractivity contribution >= 4 is 5.91 Å². The quantitative estimate of drug-likeness (QED) is 0.651. The van der Waals surface area contributed by atoms with E-state index < -0.39 is 0 Å². The zero-order chi connectivity index (χ0) is 21.5. The fraction of sp³-hybridized carbons (Fsp3) is 0.619. The van der Waals surface area contributed by atoms with Gasteiger partial charge >= 0.3 is 0 Å². The van der Waals surface area contributed by atoms with Gasteiger partial charge in [-0.1, -0.05) is 6.07 Å². The van der Waals surface area contributed by atoms with Gasteiger partial charge in [-0.25, -0.2) is 4.68 Å². The van der Waals surface area contributed by atoms with E-state index in [1.54, 1.807) is 23.9 Å². The summed E-state index contributed by atoms with van der Waals surface area (Å²) in [5, 5.41) is 14.4. The Hall–Kier alpha value is -2.56. The van der Waals surface area contributed by atoms with Crippen molar-refractivity contribution in [2.24, 2.45) is 12.5 Å². The summed E-state index contributed by atoms with van der Waals surface area (Å²) in [7, 11) is 1.76. The van der Waals surface area contributed by atoms with Crippen molar-refractivity contribution in [2.75, 3.05) is 52.6 Å². The first kappa shape index (κ1) is 21.7. The third kappa shape index (κ3) is 5.78. The highest BCUT2D eigenvalue weighted by Gasteiger charge is 2.35. The lowest BCUT2D eigenvalue weighted by Crippen LogP contribution is -2.50. The number of rotatable bonds is 8. The Morgan fingerprint density at radius 2 is 1.97 bits per heavy atom. The molecule has 3 heterocycles. The van der Waals surface area contributed by atoms with Gasteiger partial charge in [-0.2, -0.15) is 0 Å². The Morgan fingerprint density at radius 3 is 2.71 bits per heavy atom. The first-order valence-electron chi connectivity index (χ1n) is 10.7. The van der Waals surface area contributed by atoms with Crippen LogP contribution in [-0.4, -0.2) is 83.6 Å². The third-order valence-corrected chi connectivity index (χ3v) is 6.01. The second-order valence-electron chi connectivity index (χ2n) is 8.22. The number of carbonyl (C=O) groups is 1. The van der Waals surface area contributed by atoms with Crippen molar-refractivity contribution in [1.29, 1.82) is 0 Å². The predicted octanol–water partition coefficient (Wildman–Crippen LogP) is 0.648. The lowest BCUT2D eigenvalue weighted by Gasteiger charge is -2.42. The molecule has 1 N–H and O–H groups in total. The number of aryl methyl sites for hydroxylation is 1. The number of tetrazole rings is 1. The summed E-state index contributed by atoms with van der Waals surface area (Å²) in [6, 6.07) is 7.18. The van der Waals surface area contributed by atoms with Crippen LogP contribution >= 0.6 is 0 Å². The van der Waals surface area contributed by atoms with Gasteiger partial charge in [0.1, 0.15) is 12.4 Å². The van der Waals surface area contributed by atoms with Crippen LogP contribution in [-0.2, 0) is 23.1 Å².